The molecule has 3 aromatic rings. The maximum atomic E-state index is 12.5. The minimum atomic E-state index is -0.228. The fourth-order valence-corrected chi connectivity index (χ4v) is 2.74. The van der Waals surface area contributed by atoms with Gasteiger partial charge in [0.25, 0.3) is 11.8 Å². The Labute approximate surface area is 170 Å². The van der Waals surface area contributed by atoms with Crippen molar-refractivity contribution in [3.63, 3.8) is 0 Å². The number of ether oxygens (including phenoxy) is 1. The van der Waals surface area contributed by atoms with E-state index < -0.39 is 0 Å². The van der Waals surface area contributed by atoms with Gasteiger partial charge in [0.15, 0.2) is 0 Å². The van der Waals surface area contributed by atoms with Gasteiger partial charge in [-0.2, -0.15) is 0 Å². The Morgan fingerprint density at radius 1 is 0.828 bits per heavy atom. The molecule has 2 amide bonds. The quantitative estimate of drug-likeness (QED) is 0.590. The minimum Gasteiger partial charge on any atom is -0.494 e. The van der Waals surface area contributed by atoms with E-state index >= 15 is 0 Å². The molecule has 5 heteroatoms. The van der Waals surface area contributed by atoms with Crippen molar-refractivity contribution in [3.8, 4) is 5.75 Å². The van der Waals surface area contributed by atoms with Gasteiger partial charge in [-0.25, -0.2) is 0 Å². The molecule has 0 atom stereocenters. The molecular weight excluding hydrogens is 364 g/mol. The van der Waals surface area contributed by atoms with E-state index in [1.54, 1.807) is 42.5 Å². The van der Waals surface area contributed by atoms with E-state index in [2.05, 4.69) is 10.6 Å². The lowest BCUT2D eigenvalue weighted by molar-refractivity contribution is 0.0950. The molecule has 0 saturated heterocycles. The minimum absolute atomic E-state index is 0.160. The first-order valence-corrected chi connectivity index (χ1v) is 9.62. The van der Waals surface area contributed by atoms with Gasteiger partial charge in [-0.15, -0.1) is 0 Å². The van der Waals surface area contributed by atoms with Crippen molar-refractivity contribution in [1.82, 2.24) is 5.32 Å². The van der Waals surface area contributed by atoms with Gasteiger partial charge in [-0.05, 0) is 54.4 Å². The number of amides is 2. The van der Waals surface area contributed by atoms with Crippen molar-refractivity contribution >= 4 is 17.5 Å². The summed E-state index contributed by atoms with van der Waals surface area (Å²) >= 11 is 0. The molecule has 148 valence electrons. The summed E-state index contributed by atoms with van der Waals surface area (Å²) < 4.78 is 5.57. The standard InChI is InChI=1S/C24H24N2O3/c1-2-15-29-22-10-6-9-20(16-22)24(28)26-21-13-11-19(12-14-21)23(27)25-17-18-7-4-3-5-8-18/h3-14,16H,2,15,17H2,1H3,(H,25,27)(H,26,28). The summed E-state index contributed by atoms with van der Waals surface area (Å²) in [5.41, 5.74) is 2.71. The molecule has 29 heavy (non-hydrogen) atoms. The van der Waals surface area contributed by atoms with E-state index in [-0.39, 0.29) is 11.8 Å². The second-order valence-electron chi connectivity index (χ2n) is 6.58. The molecule has 0 unspecified atom stereocenters. The molecule has 0 aliphatic carbocycles. The van der Waals surface area contributed by atoms with Crippen LogP contribution in [0.25, 0.3) is 0 Å². The highest BCUT2D eigenvalue weighted by Crippen LogP contribution is 2.16. The Hall–Kier alpha value is -3.60. The second kappa shape index (κ2) is 10.1. The van der Waals surface area contributed by atoms with Crippen LogP contribution in [0.2, 0.25) is 0 Å². The summed E-state index contributed by atoms with van der Waals surface area (Å²) in [5, 5.41) is 5.72. The number of rotatable bonds is 8. The van der Waals surface area contributed by atoms with Crippen molar-refractivity contribution in [2.24, 2.45) is 0 Å². The highest BCUT2D eigenvalue weighted by Gasteiger charge is 2.09. The molecule has 3 rings (SSSR count). The van der Waals surface area contributed by atoms with Crippen LogP contribution in [0, 0.1) is 0 Å². The molecule has 0 fully saturated rings. The van der Waals surface area contributed by atoms with E-state index in [4.69, 9.17) is 4.74 Å². The lowest BCUT2D eigenvalue weighted by Crippen LogP contribution is -2.22. The Kier molecular flexibility index (Phi) is 7.00. The second-order valence-corrected chi connectivity index (χ2v) is 6.58. The predicted molar refractivity (Wildman–Crippen MR) is 114 cm³/mol. The van der Waals surface area contributed by atoms with Crippen molar-refractivity contribution in [2.45, 2.75) is 19.9 Å². The number of benzene rings is 3. The summed E-state index contributed by atoms with van der Waals surface area (Å²) in [4.78, 5) is 24.8. The van der Waals surface area contributed by atoms with Crippen LogP contribution in [0.15, 0.2) is 78.9 Å². The summed E-state index contributed by atoms with van der Waals surface area (Å²) in [6.45, 7) is 3.11. The van der Waals surface area contributed by atoms with Crippen LogP contribution in [0.1, 0.15) is 39.6 Å². The van der Waals surface area contributed by atoms with E-state index in [1.807, 2.05) is 43.3 Å². The maximum Gasteiger partial charge on any atom is 0.255 e. The SMILES string of the molecule is CCCOc1cccc(C(=O)Nc2ccc(C(=O)NCc3ccccc3)cc2)c1. The Morgan fingerprint density at radius 2 is 1.59 bits per heavy atom. The molecule has 0 bridgehead atoms. The number of hydrogen-bond donors (Lipinski definition) is 2. The molecule has 0 spiro atoms. The number of carbonyl (C=O) groups excluding carboxylic acids is 2. The Morgan fingerprint density at radius 3 is 2.31 bits per heavy atom. The summed E-state index contributed by atoms with van der Waals surface area (Å²) in [6.07, 6.45) is 0.904. The van der Waals surface area contributed by atoms with Crippen molar-refractivity contribution in [1.29, 1.82) is 0 Å². The van der Waals surface area contributed by atoms with Gasteiger partial charge >= 0.3 is 0 Å². The van der Waals surface area contributed by atoms with Crippen LogP contribution in [0.3, 0.4) is 0 Å². The van der Waals surface area contributed by atoms with Crippen LogP contribution in [-0.4, -0.2) is 18.4 Å². The summed E-state index contributed by atoms with van der Waals surface area (Å²) in [5.74, 6) is 0.283. The van der Waals surface area contributed by atoms with Gasteiger partial charge in [-0.1, -0.05) is 43.3 Å². The predicted octanol–water partition coefficient (Wildman–Crippen LogP) is 4.66. The zero-order chi connectivity index (χ0) is 20.5. The zero-order valence-corrected chi connectivity index (χ0v) is 16.4. The first-order chi connectivity index (χ1) is 14.2. The lowest BCUT2D eigenvalue weighted by atomic mass is 10.1. The third kappa shape index (κ3) is 5.94. The van der Waals surface area contributed by atoms with E-state index in [9.17, 15) is 9.59 Å². The van der Waals surface area contributed by atoms with Crippen LogP contribution < -0.4 is 15.4 Å². The van der Waals surface area contributed by atoms with E-state index in [0.717, 1.165) is 12.0 Å². The van der Waals surface area contributed by atoms with Crippen LogP contribution in [0.4, 0.5) is 5.69 Å². The largest absolute Gasteiger partial charge is 0.494 e. The van der Waals surface area contributed by atoms with Gasteiger partial charge in [0.05, 0.1) is 6.61 Å². The maximum absolute atomic E-state index is 12.5. The molecule has 0 heterocycles. The fraction of sp³-hybridized carbons (Fsp3) is 0.167. The average molecular weight is 388 g/mol. The first kappa shape index (κ1) is 20.1. The van der Waals surface area contributed by atoms with Crippen LogP contribution in [0.5, 0.6) is 5.75 Å². The monoisotopic (exact) mass is 388 g/mol. The molecule has 5 nitrogen and oxygen atoms in total. The molecule has 0 aliphatic heterocycles. The molecule has 3 aromatic carbocycles. The average Bonchev–Trinajstić information content (AvgIpc) is 2.77. The fourth-order valence-electron chi connectivity index (χ4n) is 2.74. The van der Waals surface area contributed by atoms with E-state index in [1.165, 1.54) is 0 Å². The number of hydrogen-bond acceptors (Lipinski definition) is 3. The Bertz CT molecular complexity index is 953. The molecule has 0 radical (unpaired) electrons. The van der Waals surface area contributed by atoms with Gasteiger partial charge in [0.2, 0.25) is 0 Å². The number of carbonyl (C=O) groups is 2. The van der Waals surface area contributed by atoms with Crippen LogP contribution in [-0.2, 0) is 6.54 Å². The van der Waals surface area contributed by atoms with E-state index in [0.29, 0.717) is 35.7 Å². The van der Waals surface area contributed by atoms with Gasteiger partial charge < -0.3 is 15.4 Å². The van der Waals surface area contributed by atoms with Gasteiger partial charge in [-0.3, -0.25) is 9.59 Å². The number of anilines is 1. The molecule has 0 aromatic heterocycles. The highest BCUT2D eigenvalue weighted by atomic mass is 16.5. The molecule has 0 saturated carbocycles. The van der Waals surface area contributed by atoms with Crippen molar-refractivity contribution in [3.05, 3.63) is 95.6 Å². The topological polar surface area (TPSA) is 67.4 Å². The van der Waals surface area contributed by atoms with Crippen molar-refractivity contribution < 1.29 is 14.3 Å². The third-order valence-electron chi connectivity index (χ3n) is 4.27. The zero-order valence-electron chi connectivity index (χ0n) is 16.4. The van der Waals surface area contributed by atoms with Gasteiger partial charge in [0, 0.05) is 23.4 Å². The lowest BCUT2D eigenvalue weighted by Gasteiger charge is -2.09. The Balaban J connectivity index is 1.57. The molecular formula is C24H24N2O3. The summed E-state index contributed by atoms with van der Waals surface area (Å²) in [7, 11) is 0. The first-order valence-electron chi connectivity index (χ1n) is 9.62. The number of nitrogens with one attached hydrogen (secondary N) is 2. The molecule has 2 N–H and O–H groups in total. The van der Waals surface area contributed by atoms with Crippen LogP contribution >= 0.6 is 0 Å². The molecule has 0 aliphatic rings. The summed E-state index contributed by atoms with van der Waals surface area (Å²) in [6, 6.07) is 23.6. The highest BCUT2D eigenvalue weighted by molar-refractivity contribution is 6.04. The smallest absolute Gasteiger partial charge is 0.255 e. The van der Waals surface area contributed by atoms with Gasteiger partial charge in [0.1, 0.15) is 5.75 Å². The third-order valence-corrected chi connectivity index (χ3v) is 4.27. The normalized spacial score (nSPS) is 10.2. The van der Waals surface area contributed by atoms with Crippen molar-refractivity contribution in [2.75, 3.05) is 11.9 Å².